The Balaban J connectivity index is 1.97. The molecule has 3 aliphatic heterocycles. The highest BCUT2D eigenvalue weighted by atomic mass is 16.7. The molecule has 16 heteroatoms. The van der Waals surface area contributed by atoms with Gasteiger partial charge in [-0.05, 0) is 19.9 Å². The summed E-state index contributed by atoms with van der Waals surface area (Å²) in [5.41, 5.74) is 1.87. The molecule has 0 spiro atoms. The summed E-state index contributed by atoms with van der Waals surface area (Å²) in [6.45, 7) is 12.1. The molecule has 0 fully saturated rings. The molecule has 3 aliphatic rings. The number of rotatable bonds is 6. The molecule has 2 aromatic rings. The molecule has 56 heavy (non-hydrogen) atoms. The van der Waals surface area contributed by atoms with E-state index in [0.29, 0.717) is 0 Å². The van der Waals surface area contributed by atoms with E-state index in [0.717, 1.165) is 6.21 Å². The molecule has 3 heterocycles. The number of anilines is 1. The number of hydrogen-bond acceptors (Lipinski definition) is 15. The zero-order valence-electron chi connectivity index (χ0n) is 33.0. The van der Waals surface area contributed by atoms with Gasteiger partial charge in [-0.3, -0.25) is 14.4 Å². The fourth-order valence-corrected chi connectivity index (χ4v) is 7.10. The van der Waals surface area contributed by atoms with Crippen LogP contribution in [0.3, 0.4) is 0 Å². The summed E-state index contributed by atoms with van der Waals surface area (Å²) in [5.74, 6) is -8.76. The third kappa shape index (κ3) is 8.48. The Labute approximate surface area is 325 Å². The second kappa shape index (κ2) is 17.7. The number of hydrazone groups is 1. The highest BCUT2D eigenvalue weighted by Gasteiger charge is 2.50. The van der Waals surface area contributed by atoms with E-state index in [2.05, 4.69) is 15.8 Å². The number of phenolic OH excluding ortho intramolecular Hbond substituents is 3. The molecule has 2 aromatic carbocycles. The van der Waals surface area contributed by atoms with Gasteiger partial charge < -0.3 is 60.3 Å². The molecule has 9 atom stereocenters. The number of Topliss-reactive ketones (excluding diaryl/α,β-unsaturated/α-hetero) is 1. The number of fused-ring (bicyclic) bond motifs is 14. The zero-order chi connectivity index (χ0) is 41.8. The average Bonchev–Trinajstić information content (AvgIpc) is 3.42. The van der Waals surface area contributed by atoms with Gasteiger partial charge in [-0.2, -0.15) is 5.10 Å². The van der Waals surface area contributed by atoms with Gasteiger partial charge in [0.2, 0.25) is 0 Å². The number of esters is 1. The van der Waals surface area contributed by atoms with Crippen LogP contribution < -0.4 is 15.5 Å². The highest BCUT2D eigenvalue weighted by Crippen LogP contribution is 2.55. The number of carbonyl (C=O) groups is 3. The lowest BCUT2D eigenvalue weighted by atomic mass is 9.78. The number of hydrogen-bond donors (Lipinski definition) is 8. The fraction of sp³-hybridized carbons (Fsp3) is 0.500. The number of amides is 1. The Kier molecular flexibility index (Phi) is 13.8. The van der Waals surface area contributed by atoms with Crippen molar-refractivity contribution in [1.82, 2.24) is 5.43 Å². The van der Waals surface area contributed by atoms with Crippen LogP contribution in [-0.2, 0) is 23.8 Å². The van der Waals surface area contributed by atoms with Gasteiger partial charge in [-0.15, -0.1) is 0 Å². The number of aliphatic hydroxyl groups is 3. The topological polar surface area (TPSA) is 246 Å². The number of aromatic hydroxyl groups is 3. The van der Waals surface area contributed by atoms with Gasteiger partial charge in [0.15, 0.2) is 5.75 Å². The van der Waals surface area contributed by atoms with E-state index in [9.17, 15) is 45.0 Å². The van der Waals surface area contributed by atoms with Gasteiger partial charge in [-0.25, -0.2) is 0 Å². The van der Waals surface area contributed by atoms with Crippen molar-refractivity contribution >= 4 is 40.3 Å². The molecule has 0 aromatic heterocycles. The first-order valence-electron chi connectivity index (χ1n) is 18.3. The van der Waals surface area contributed by atoms with E-state index in [1.807, 2.05) is 0 Å². The summed E-state index contributed by atoms with van der Waals surface area (Å²) in [6, 6.07) is 0. The van der Waals surface area contributed by atoms with Crippen LogP contribution in [0.1, 0.15) is 70.0 Å². The van der Waals surface area contributed by atoms with Crippen LogP contribution in [0.25, 0.3) is 10.8 Å². The number of methoxy groups -OCH3 is 1. The largest absolute Gasteiger partial charge is 0.507 e. The summed E-state index contributed by atoms with van der Waals surface area (Å²) in [5, 5.41) is 72.8. The second-order valence-electron chi connectivity index (χ2n) is 14.5. The number of carbonyl (C=O) groups excluding carboxylic acids is 3. The summed E-state index contributed by atoms with van der Waals surface area (Å²) in [4.78, 5) is 40.1. The van der Waals surface area contributed by atoms with Gasteiger partial charge in [-0.1, -0.05) is 45.9 Å². The number of aliphatic hydroxyl groups excluding tert-OH is 3. The van der Waals surface area contributed by atoms with E-state index in [1.54, 1.807) is 39.8 Å². The SMILES string of the molecule is COC1/C=C/OC2(C)Oc3c(C)c(O)c4c(O)c(c(/C=N/NCCO)c(O)c4c3C2=O)NC(=O)C(C)=C/C=C/C(C)C(O)C(C)C(O)C(C)C(OC(C)=O)C1C. The van der Waals surface area contributed by atoms with Crippen LogP contribution in [0.2, 0.25) is 0 Å². The number of allylic oxidation sites excluding steroid dienone is 2. The Morgan fingerprint density at radius 2 is 1.68 bits per heavy atom. The molecule has 0 radical (unpaired) electrons. The first kappa shape index (κ1) is 43.6. The van der Waals surface area contributed by atoms with Crippen molar-refractivity contribution in [2.45, 2.75) is 85.6 Å². The molecule has 9 unspecified atom stereocenters. The minimum absolute atomic E-state index is 0.0209. The third-order valence-corrected chi connectivity index (χ3v) is 10.5. The number of ether oxygens (including phenoxy) is 4. The van der Waals surface area contributed by atoms with Crippen LogP contribution >= 0.6 is 0 Å². The van der Waals surface area contributed by atoms with Crippen molar-refractivity contribution in [3.05, 3.63) is 52.8 Å². The predicted molar refractivity (Wildman–Crippen MR) is 206 cm³/mol. The molecule has 1 amide bonds. The van der Waals surface area contributed by atoms with E-state index in [-0.39, 0.29) is 57.6 Å². The van der Waals surface area contributed by atoms with Crippen molar-refractivity contribution in [2.24, 2.45) is 28.8 Å². The van der Waals surface area contributed by atoms with Crippen LogP contribution in [0.4, 0.5) is 5.69 Å². The van der Waals surface area contributed by atoms with Crippen LogP contribution in [0, 0.1) is 30.6 Å². The first-order valence-corrected chi connectivity index (χ1v) is 18.3. The van der Waals surface area contributed by atoms with E-state index >= 15 is 0 Å². The number of ketones is 1. The fourth-order valence-electron chi connectivity index (χ4n) is 7.10. The number of benzene rings is 2. The van der Waals surface area contributed by atoms with Crippen molar-refractivity contribution in [1.29, 1.82) is 0 Å². The van der Waals surface area contributed by atoms with Gasteiger partial charge in [0.25, 0.3) is 11.7 Å². The van der Waals surface area contributed by atoms with Gasteiger partial charge in [0.05, 0.1) is 66.1 Å². The highest BCUT2D eigenvalue weighted by molar-refractivity contribution is 6.23. The summed E-state index contributed by atoms with van der Waals surface area (Å²) in [7, 11) is 1.42. The van der Waals surface area contributed by atoms with E-state index < -0.39 is 88.8 Å². The molecular weight excluding hydrogens is 730 g/mol. The van der Waals surface area contributed by atoms with Gasteiger partial charge in [0, 0.05) is 61.2 Å². The van der Waals surface area contributed by atoms with E-state index in [1.165, 1.54) is 53.2 Å². The molecule has 0 saturated carbocycles. The van der Waals surface area contributed by atoms with Crippen molar-refractivity contribution < 1.29 is 64.0 Å². The Morgan fingerprint density at radius 3 is 2.30 bits per heavy atom. The maximum atomic E-state index is 14.3. The molecule has 0 aliphatic carbocycles. The average molecular weight is 784 g/mol. The van der Waals surface area contributed by atoms with Crippen molar-refractivity contribution in [2.75, 3.05) is 25.6 Å². The molecule has 5 rings (SSSR count). The van der Waals surface area contributed by atoms with Gasteiger partial charge in [0.1, 0.15) is 23.4 Å². The minimum atomic E-state index is -2.07. The molecular formula is C40H53N3O13. The Bertz CT molecular complexity index is 1960. The summed E-state index contributed by atoms with van der Waals surface area (Å²) in [6.07, 6.45) is 4.42. The normalized spacial score (nSPS) is 30.1. The van der Waals surface area contributed by atoms with Crippen molar-refractivity contribution in [3.63, 3.8) is 0 Å². The van der Waals surface area contributed by atoms with Crippen LogP contribution in [0.5, 0.6) is 23.0 Å². The number of phenols is 3. The second-order valence-corrected chi connectivity index (χ2v) is 14.5. The lowest BCUT2D eigenvalue weighted by molar-refractivity contribution is -0.160. The summed E-state index contributed by atoms with van der Waals surface area (Å²) >= 11 is 0. The Morgan fingerprint density at radius 1 is 1.00 bits per heavy atom. The quantitative estimate of drug-likeness (QED) is 0.0521. The molecule has 16 nitrogen and oxygen atoms in total. The van der Waals surface area contributed by atoms with Crippen LogP contribution in [0.15, 0.2) is 41.2 Å². The van der Waals surface area contributed by atoms with Crippen LogP contribution in [-0.4, -0.2) is 105 Å². The lowest BCUT2D eigenvalue weighted by Crippen LogP contribution is -2.46. The summed E-state index contributed by atoms with van der Waals surface area (Å²) < 4.78 is 23.4. The monoisotopic (exact) mass is 783 g/mol. The number of nitrogens with zero attached hydrogens (tertiary/aromatic N) is 1. The standard InChI is InChI=1S/C40H53N3O13/c1-18-11-10-12-19(2)39(52)43-30-25(17-42-41-14-15-44)34(49)27-28(35(30)50)33(48)23(6)37-29(27)38(51)40(8,56-37)54-16-13-26(53-9)20(3)36(55-24(7)45)22(5)32(47)21(4)31(18)46/h10-13,16-18,20-22,26,31-32,36,41,44,46-50H,14-15H2,1-9H3,(H,43,52)/b11-10+,16-13+,19-12?,42-17+. The van der Waals surface area contributed by atoms with E-state index in [4.69, 9.17) is 18.9 Å². The van der Waals surface area contributed by atoms with Crippen molar-refractivity contribution in [3.8, 4) is 23.0 Å². The lowest BCUT2D eigenvalue weighted by Gasteiger charge is -2.38. The molecule has 8 N–H and O–H groups in total. The van der Waals surface area contributed by atoms with Gasteiger partial charge >= 0.3 is 11.8 Å². The molecule has 0 saturated heterocycles. The molecule has 306 valence electrons. The Hall–Kier alpha value is -5.16. The maximum Gasteiger partial charge on any atom is 0.312 e. The third-order valence-electron chi connectivity index (χ3n) is 10.5. The minimum Gasteiger partial charge on any atom is -0.507 e. The predicted octanol–water partition coefficient (Wildman–Crippen LogP) is 3.67. The molecule has 5 bridgehead atoms. The smallest absolute Gasteiger partial charge is 0.312 e. The zero-order valence-corrected chi connectivity index (χ0v) is 33.0. The number of nitrogens with one attached hydrogen (secondary N) is 2. The first-order chi connectivity index (χ1) is 26.3. The maximum absolute atomic E-state index is 14.3.